The standard InChI is InChI=1S/C12H10F3N/c1-7-3-4-10-9(5-7)8(2)6-11(16-10)12(13,14)15/h3-6H,1-2H3. The quantitative estimate of drug-likeness (QED) is 0.663. The first-order valence-corrected chi connectivity index (χ1v) is 4.83. The SMILES string of the molecule is Cc1ccc2nc(C(F)(F)F)cc(C)c2c1. The molecule has 0 spiro atoms. The molecule has 0 aliphatic heterocycles. The lowest BCUT2D eigenvalue weighted by Gasteiger charge is -2.09. The Balaban J connectivity index is 2.74. The second-order valence-electron chi connectivity index (χ2n) is 3.84. The van der Waals surface area contributed by atoms with E-state index in [1.165, 1.54) is 0 Å². The molecule has 0 aliphatic rings. The summed E-state index contributed by atoms with van der Waals surface area (Å²) in [7, 11) is 0. The fraction of sp³-hybridized carbons (Fsp3) is 0.250. The van der Waals surface area contributed by atoms with Gasteiger partial charge in [-0.15, -0.1) is 0 Å². The lowest BCUT2D eigenvalue weighted by Crippen LogP contribution is -2.08. The second-order valence-corrected chi connectivity index (χ2v) is 3.84. The lowest BCUT2D eigenvalue weighted by molar-refractivity contribution is -0.141. The highest BCUT2D eigenvalue weighted by atomic mass is 19.4. The molecule has 2 rings (SSSR count). The van der Waals surface area contributed by atoms with Gasteiger partial charge in [0.15, 0.2) is 0 Å². The normalized spacial score (nSPS) is 12.1. The van der Waals surface area contributed by atoms with Crippen molar-refractivity contribution in [1.29, 1.82) is 0 Å². The molecule has 1 aromatic heterocycles. The van der Waals surface area contributed by atoms with Crippen molar-refractivity contribution in [2.45, 2.75) is 20.0 Å². The Morgan fingerprint density at radius 2 is 1.75 bits per heavy atom. The van der Waals surface area contributed by atoms with Crippen LogP contribution in [0.25, 0.3) is 10.9 Å². The summed E-state index contributed by atoms with van der Waals surface area (Å²) in [6.07, 6.45) is -4.39. The maximum atomic E-state index is 12.5. The number of hydrogen-bond acceptors (Lipinski definition) is 1. The van der Waals surface area contributed by atoms with Crippen LogP contribution >= 0.6 is 0 Å². The molecule has 0 saturated heterocycles. The minimum absolute atomic E-state index is 0.387. The van der Waals surface area contributed by atoms with E-state index in [-0.39, 0.29) is 0 Å². The summed E-state index contributed by atoms with van der Waals surface area (Å²) in [5.74, 6) is 0. The average molecular weight is 225 g/mol. The van der Waals surface area contributed by atoms with Gasteiger partial charge in [-0.1, -0.05) is 11.6 Å². The third kappa shape index (κ3) is 1.87. The molecule has 0 unspecified atom stereocenters. The van der Waals surface area contributed by atoms with E-state index in [1.807, 2.05) is 13.0 Å². The van der Waals surface area contributed by atoms with Gasteiger partial charge in [-0.2, -0.15) is 13.2 Å². The Labute approximate surface area is 90.9 Å². The van der Waals surface area contributed by atoms with E-state index in [0.717, 1.165) is 17.0 Å². The van der Waals surface area contributed by atoms with E-state index >= 15 is 0 Å². The van der Waals surface area contributed by atoms with Crippen LogP contribution in [-0.2, 0) is 6.18 Å². The van der Waals surface area contributed by atoms with Crippen molar-refractivity contribution in [2.24, 2.45) is 0 Å². The summed E-state index contributed by atoms with van der Waals surface area (Å²) < 4.78 is 37.5. The van der Waals surface area contributed by atoms with Gasteiger partial charge < -0.3 is 0 Å². The van der Waals surface area contributed by atoms with Crippen LogP contribution in [0.3, 0.4) is 0 Å². The number of pyridine rings is 1. The van der Waals surface area contributed by atoms with Crippen LogP contribution in [-0.4, -0.2) is 4.98 Å². The predicted octanol–water partition coefficient (Wildman–Crippen LogP) is 3.87. The van der Waals surface area contributed by atoms with Crippen LogP contribution in [0.5, 0.6) is 0 Å². The summed E-state index contributed by atoms with van der Waals surface area (Å²) in [4.78, 5) is 3.62. The summed E-state index contributed by atoms with van der Waals surface area (Å²) >= 11 is 0. The predicted molar refractivity (Wildman–Crippen MR) is 56.2 cm³/mol. The average Bonchev–Trinajstić information content (AvgIpc) is 2.17. The number of benzene rings is 1. The van der Waals surface area contributed by atoms with Crippen molar-refractivity contribution < 1.29 is 13.2 Å². The zero-order chi connectivity index (χ0) is 11.9. The summed E-state index contributed by atoms with van der Waals surface area (Å²) in [6, 6.07) is 6.31. The highest BCUT2D eigenvalue weighted by molar-refractivity contribution is 5.82. The molecule has 0 atom stereocenters. The van der Waals surface area contributed by atoms with E-state index in [1.54, 1.807) is 19.1 Å². The van der Waals surface area contributed by atoms with Gasteiger partial charge in [-0.3, -0.25) is 0 Å². The Bertz CT molecular complexity index is 544. The van der Waals surface area contributed by atoms with Crippen LogP contribution in [0.15, 0.2) is 24.3 Å². The van der Waals surface area contributed by atoms with Gasteiger partial charge in [0, 0.05) is 5.39 Å². The number of rotatable bonds is 0. The molecule has 1 aromatic carbocycles. The number of alkyl halides is 3. The summed E-state index contributed by atoms with van der Waals surface area (Å²) in [5.41, 5.74) is 1.16. The fourth-order valence-corrected chi connectivity index (χ4v) is 1.65. The highest BCUT2D eigenvalue weighted by Crippen LogP contribution is 2.30. The molecular weight excluding hydrogens is 215 g/mol. The molecule has 0 aliphatic carbocycles. The van der Waals surface area contributed by atoms with Crippen molar-refractivity contribution in [2.75, 3.05) is 0 Å². The molecule has 0 N–H and O–H groups in total. The van der Waals surface area contributed by atoms with Gasteiger partial charge in [0.05, 0.1) is 5.52 Å². The van der Waals surface area contributed by atoms with E-state index in [2.05, 4.69) is 4.98 Å². The number of halogens is 3. The van der Waals surface area contributed by atoms with Crippen LogP contribution in [0, 0.1) is 13.8 Å². The van der Waals surface area contributed by atoms with Crippen molar-refractivity contribution in [3.63, 3.8) is 0 Å². The minimum atomic E-state index is -4.39. The number of aryl methyl sites for hydroxylation is 2. The van der Waals surface area contributed by atoms with Crippen LogP contribution in [0.4, 0.5) is 13.2 Å². The molecule has 1 heterocycles. The third-order valence-electron chi connectivity index (χ3n) is 2.46. The van der Waals surface area contributed by atoms with E-state index in [9.17, 15) is 13.2 Å². The monoisotopic (exact) mass is 225 g/mol. The van der Waals surface area contributed by atoms with Gasteiger partial charge >= 0.3 is 6.18 Å². The van der Waals surface area contributed by atoms with Gasteiger partial charge in [0.1, 0.15) is 5.69 Å². The van der Waals surface area contributed by atoms with E-state index < -0.39 is 11.9 Å². The van der Waals surface area contributed by atoms with E-state index in [0.29, 0.717) is 11.1 Å². The molecule has 0 radical (unpaired) electrons. The van der Waals surface area contributed by atoms with Crippen LogP contribution in [0.2, 0.25) is 0 Å². The van der Waals surface area contributed by atoms with Crippen molar-refractivity contribution in [3.05, 3.63) is 41.1 Å². The first-order valence-electron chi connectivity index (χ1n) is 4.83. The first-order chi connectivity index (χ1) is 7.38. The Morgan fingerprint density at radius 1 is 1.06 bits per heavy atom. The third-order valence-corrected chi connectivity index (χ3v) is 2.46. The number of aromatic nitrogens is 1. The molecule has 16 heavy (non-hydrogen) atoms. The van der Waals surface area contributed by atoms with Crippen LogP contribution in [0.1, 0.15) is 16.8 Å². The van der Waals surface area contributed by atoms with Crippen molar-refractivity contribution in [3.8, 4) is 0 Å². The van der Waals surface area contributed by atoms with Gasteiger partial charge in [-0.25, -0.2) is 4.98 Å². The molecule has 1 nitrogen and oxygen atoms in total. The largest absolute Gasteiger partial charge is 0.433 e. The molecule has 0 fully saturated rings. The second kappa shape index (κ2) is 3.47. The molecule has 2 aromatic rings. The maximum Gasteiger partial charge on any atom is 0.433 e. The van der Waals surface area contributed by atoms with E-state index in [4.69, 9.17) is 0 Å². The number of hydrogen-bond donors (Lipinski definition) is 0. The zero-order valence-corrected chi connectivity index (χ0v) is 8.89. The molecule has 0 saturated carbocycles. The topological polar surface area (TPSA) is 12.9 Å². The van der Waals surface area contributed by atoms with Crippen LogP contribution < -0.4 is 0 Å². The summed E-state index contributed by atoms with van der Waals surface area (Å²) in [6.45, 7) is 3.56. The Morgan fingerprint density at radius 3 is 2.38 bits per heavy atom. The Hall–Kier alpha value is -1.58. The molecule has 84 valence electrons. The smallest absolute Gasteiger partial charge is 0.243 e. The number of nitrogens with zero attached hydrogens (tertiary/aromatic N) is 1. The van der Waals surface area contributed by atoms with Crippen molar-refractivity contribution >= 4 is 10.9 Å². The lowest BCUT2D eigenvalue weighted by atomic mass is 10.1. The molecule has 0 amide bonds. The maximum absolute atomic E-state index is 12.5. The molecular formula is C12H10F3N. The fourth-order valence-electron chi connectivity index (χ4n) is 1.65. The molecule has 0 bridgehead atoms. The zero-order valence-electron chi connectivity index (χ0n) is 8.89. The summed E-state index contributed by atoms with van der Waals surface area (Å²) in [5, 5.41) is 0.771. The van der Waals surface area contributed by atoms with Gasteiger partial charge in [0.2, 0.25) is 0 Å². The van der Waals surface area contributed by atoms with Gasteiger partial charge in [-0.05, 0) is 37.6 Å². The first kappa shape index (κ1) is 10.9. The van der Waals surface area contributed by atoms with Crippen molar-refractivity contribution in [1.82, 2.24) is 4.98 Å². The number of fused-ring (bicyclic) bond motifs is 1. The molecule has 4 heteroatoms. The minimum Gasteiger partial charge on any atom is -0.243 e. The van der Waals surface area contributed by atoms with Gasteiger partial charge in [0.25, 0.3) is 0 Å². The Kier molecular flexibility index (Phi) is 2.37. The highest BCUT2D eigenvalue weighted by Gasteiger charge is 2.32.